The number of ether oxygens (including phenoxy) is 1. The molecule has 0 radical (unpaired) electrons. The van der Waals surface area contributed by atoms with Gasteiger partial charge in [0.2, 0.25) is 5.91 Å². The highest BCUT2D eigenvalue weighted by Gasteiger charge is 2.10. The van der Waals surface area contributed by atoms with Gasteiger partial charge in [-0.15, -0.1) is 12.4 Å². The first kappa shape index (κ1) is 17.8. The molecule has 108 valence electrons. The molecular formula is C13H20ClFN2O2. The van der Waals surface area contributed by atoms with Crippen molar-refractivity contribution < 1.29 is 13.9 Å². The lowest BCUT2D eigenvalue weighted by atomic mass is 10.1. The second-order valence-electron chi connectivity index (χ2n) is 4.02. The van der Waals surface area contributed by atoms with Gasteiger partial charge in [-0.3, -0.25) is 4.79 Å². The molecule has 0 aliphatic rings. The van der Waals surface area contributed by atoms with Crippen molar-refractivity contribution in [1.29, 1.82) is 0 Å². The van der Waals surface area contributed by atoms with E-state index in [1.807, 2.05) is 0 Å². The molecule has 1 aromatic carbocycles. The maximum Gasteiger partial charge on any atom is 0.222 e. The van der Waals surface area contributed by atoms with Crippen LogP contribution in [0, 0.1) is 5.82 Å². The van der Waals surface area contributed by atoms with Gasteiger partial charge in [0.1, 0.15) is 5.82 Å². The summed E-state index contributed by atoms with van der Waals surface area (Å²) in [5.74, 6) is -0.344. The van der Waals surface area contributed by atoms with E-state index in [9.17, 15) is 9.18 Å². The van der Waals surface area contributed by atoms with E-state index in [1.165, 1.54) is 19.2 Å². The van der Waals surface area contributed by atoms with Crippen molar-refractivity contribution >= 4 is 18.3 Å². The third-order valence-corrected chi connectivity index (χ3v) is 2.66. The number of carbonyl (C=O) groups excluding carboxylic acids is 1. The quantitative estimate of drug-likeness (QED) is 0.795. The average molecular weight is 291 g/mol. The largest absolute Gasteiger partial charge is 0.380 e. The molecule has 3 N–H and O–H groups in total. The molecule has 1 amide bonds. The van der Waals surface area contributed by atoms with Crippen LogP contribution in [0.3, 0.4) is 0 Å². The Hall–Kier alpha value is -1.17. The van der Waals surface area contributed by atoms with Gasteiger partial charge in [-0.25, -0.2) is 4.39 Å². The maximum atomic E-state index is 12.7. The third-order valence-electron chi connectivity index (χ3n) is 2.66. The lowest BCUT2D eigenvalue weighted by molar-refractivity contribution is -0.123. The van der Waals surface area contributed by atoms with Crippen molar-refractivity contribution in [2.45, 2.75) is 18.9 Å². The van der Waals surface area contributed by atoms with Crippen LogP contribution in [-0.2, 0) is 16.0 Å². The molecule has 0 aromatic heterocycles. The first-order chi connectivity index (χ1) is 8.65. The first-order valence-electron chi connectivity index (χ1n) is 5.89. The van der Waals surface area contributed by atoms with E-state index in [2.05, 4.69) is 5.32 Å². The Labute approximate surface area is 118 Å². The summed E-state index contributed by atoms with van der Waals surface area (Å²) < 4.78 is 17.7. The Morgan fingerprint density at radius 3 is 2.58 bits per heavy atom. The number of rotatable bonds is 7. The normalized spacial score (nSPS) is 11.5. The van der Waals surface area contributed by atoms with E-state index in [0.717, 1.165) is 5.56 Å². The van der Waals surface area contributed by atoms with E-state index < -0.39 is 0 Å². The molecule has 0 aliphatic heterocycles. The molecule has 0 heterocycles. The molecule has 0 fully saturated rings. The highest BCUT2D eigenvalue weighted by molar-refractivity contribution is 5.85. The van der Waals surface area contributed by atoms with Crippen LogP contribution in [0.25, 0.3) is 0 Å². The smallest absolute Gasteiger partial charge is 0.222 e. The minimum absolute atomic E-state index is 0. The summed E-state index contributed by atoms with van der Waals surface area (Å²) in [4.78, 5) is 11.5. The number of methoxy groups -OCH3 is 1. The fraction of sp³-hybridized carbons (Fsp3) is 0.462. The van der Waals surface area contributed by atoms with Gasteiger partial charge in [-0.1, -0.05) is 12.1 Å². The van der Waals surface area contributed by atoms with Crippen molar-refractivity contribution in [3.63, 3.8) is 0 Å². The summed E-state index contributed by atoms with van der Waals surface area (Å²) in [6.07, 6.45) is 0.693. The molecule has 0 saturated carbocycles. The minimum atomic E-state index is -0.256. The standard InChI is InChI=1S/C13H19FN2O2.ClH/c1-18-12(9-15)8-13(17)16-7-6-10-2-4-11(14)5-3-10;/h2-5,12H,6-9,15H2,1H3,(H,16,17);1H. The summed E-state index contributed by atoms with van der Waals surface area (Å²) in [6, 6.07) is 6.23. The Balaban J connectivity index is 0.00000324. The second-order valence-corrected chi connectivity index (χ2v) is 4.02. The average Bonchev–Trinajstić information content (AvgIpc) is 2.38. The van der Waals surface area contributed by atoms with Gasteiger partial charge in [0.05, 0.1) is 12.5 Å². The Bertz CT molecular complexity index is 369. The number of benzene rings is 1. The van der Waals surface area contributed by atoms with Crippen LogP contribution in [0.15, 0.2) is 24.3 Å². The van der Waals surface area contributed by atoms with Crippen molar-refractivity contribution in [3.05, 3.63) is 35.6 Å². The lowest BCUT2D eigenvalue weighted by Crippen LogP contribution is -2.33. The van der Waals surface area contributed by atoms with Gasteiger partial charge in [-0.2, -0.15) is 0 Å². The summed E-state index contributed by atoms with van der Waals surface area (Å²) in [6.45, 7) is 0.841. The van der Waals surface area contributed by atoms with Gasteiger partial charge in [0.25, 0.3) is 0 Å². The summed E-state index contributed by atoms with van der Waals surface area (Å²) in [5.41, 5.74) is 6.41. The topological polar surface area (TPSA) is 64.3 Å². The SMILES string of the molecule is COC(CN)CC(=O)NCCc1ccc(F)cc1.Cl. The molecule has 0 saturated heterocycles. The van der Waals surface area contributed by atoms with E-state index in [0.29, 0.717) is 19.5 Å². The minimum Gasteiger partial charge on any atom is -0.380 e. The predicted molar refractivity (Wildman–Crippen MR) is 74.8 cm³/mol. The van der Waals surface area contributed by atoms with Crippen LogP contribution >= 0.6 is 12.4 Å². The zero-order valence-corrected chi connectivity index (χ0v) is 11.7. The van der Waals surface area contributed by atoms with Gasteiger partial charge >= 0.3 is 0 Å². The Morgan fingerprint density at radius 1 is 1.42 bits per heavy atom. The van der Waals surface area contributed by atoms with E-state index in [1.54, 1.807) is 12.1 Å². The Morgan fingerprint density at radius 2 is 2.05 bits per heavy atom. The molecule has 1 unspecified atom stereocenters. The number of nitrogens with one attached hydrogen (secondary N) is 1. The third kappa shape index (κ3) is 7.10. The van der Waals surface area contributed by atoms with E-state index in [-0.39, 0.29) is 36.7 Å². The van der Waals surface area contributed by atoms with Crippen molar-refractivity contribution in [2.24, 2.45) is 5.73 Å². The number of hydrogen-bond donors (Lipinski definition) is 2. The maximum absolute atomic E-state index is 12.7. The summed E-state index contributed by atoms with van der Waals surface area (Å²) in [7, 11) is 1.53. The molecule has 1 atom stereocenters. The van der Waals surface area contributed by atoms with Gasteiger partial charge in [0.15, 0.2) is 0 Å². The van der Waals surface area contributed by atoms with Crippen LogP contribution in [0.5, 0.6) is 0 Å². The number of nitrogens with two attached hydrogens (primary N) is 1. The molecule has 6 heteroatoms. The van der Waals surface area contributed by atoms with Crippen LogP contribution in [0.4, 0.5) is 4.39 Å². The number of halogens is 2. The number of carbonyl (C=O) groups is 1. The van der Waals surface area contributed by atoms with Gasteiger partial charge in [-0.05, 0) is 24.1 Å². The lowest BCUT2D eigenvalue weighted by Gasteiger charge is -2.12. The van der Waals surface area contributed by atoms with Crippen molar-refractivity contribution in [1.82, 2.24) is 5.32 Å². The molecule has 1 aromatic rings. The van der Waals surface area contributed by atoms with Crippen LogP contribution in [0.1, 0.15) is 12.0 Å². The first-order valence-corrected chi connectivity index (χ1v) is 5.89. The monoisotopic (exact) mass is 290 g/mol. The Kier molecular flexibility index (Phi) is 9.12. The molecule has 0 aliphatic carbocycles. The number of hydrogen-bond acceptors (Lipinski definition) is 3. The van der Waals surface area contributed by atoms with Crippen molar-refractivity contribution in [3.8, 4) is 0 Å². The molecular weight excluding hydrogens is 271 g/mol. The molecule has 0 spiro atoms. The van der Waals surface area contributed by atoms with Crippen LogP contribution in [-0.4, -0.2) is 32.2 Å². The van der Waals surface area contributed by atoms with Crippen LogP contribution < -0.4 is 11.1 Å². The van der Waals surface area contributed by atoms with Crippen molar-refractivity contribution in [2.75, 3.05) is 20.2 Å². The summed E-state index contributed by atoms with van der Waals surface area (Å²) >= 11 is 0. The zero-order valence-electron chi connectivity index (χ0n) is 10.9. The zero-order chi connectivity index (χ0) is 13.4. The second kappa shape index (κ2) is 9.72. The highest BCUT2D eigenvalue weighted by Crippen LogP contribution is 2.03. The van der Waals surface area contributed by atoms with E-state index >= 15 is 0 Å². The molecule has 1 rings (SSSR count). The fourth-order valence-electron chi connectivity index (χ4n) is 1.54. The molecule has 4 nitrogen and oxygen atoms in total. The van der Waals surface area contributed by atoms with Crippen LogP contribution in [0.2, 0.25) is 0 Å². The summed E-state index contributed by atoms with van der Waals surface area (Å²) in [5, 5.41) is 2.78. The fourth-order valence-corrected chi connectivity index (χ4v) is 1.54. The predicted octanol–water partition coefficient (Wildman–Crippen LogP) is 1.27. The number of amides is 1. The van der Waals surface area contributed by atoms with Gasteiger partial charge in [0, 0.05) is 20.2 Å². The molecule has 19 heavy (non-hydrogen) atoms. The van der Waals surface area contributed by atoms with E-state index in [4.69, 9.17) is 10.5 Å². The molecule has 0 bridgehead atoms. The van der Waals surface area contributed by atoms with Gasteiger partial charge < -0.3 is 15.8 Å². The highest BCUT2D eigenvalue weighted by atomic mass is 35.5.